The van der Waals surface area contributed by atoms with Crippen LogP contribution in [0, 0.1) is 5.41 Å². The molecule has 1 amide bonds. The van der Waals surface area contributed by atoms with Gasteiger partial charge in [0.2, 0.25) is 5.91 Å². The molecular weight excluding hydrogens is 314 g/mol. The summed E-state index contributed by atoms with van der Waals surface area (Å²) in [6.45, 7) is 9.23. The number of carbonyl (C=O) groups excluding carboxylic acids is 1. The molecule has 0 aliphatic carbocycles. The third-order valence-corrected chi connectivity index (χ3v) is 5.37. The molecule has 0 atom stereocenters. The van der Waals surface area contributed by atoms with Gasteiger partial charge in [-0.25, -0.2) is 4.98 Å². The van der Waals surface area contributed by atoms with E-state index in [0.717, 1.165) is 37.0 Å². The largest absolute Gasteiger partial charge is 0.345 e. The number of amides is 1. The number of piperazine rings is 1. The van der Waals surface area contributed by atoms with E-state index in [1.165, 1.54) is 5.56 Å². The highest BCUT2D eigenvalue weighted by atomic mass is 32.1. The molecule has 0 saturated carbocycles. The molecule has 22 heavy (non-hydrogen) atoms. The van der Waals surface area contributed by atoms with Crippen LogP contribution in [-0.4, -0.2) is 42.0 Å². The Bertz CT molecular complexity index is 635. The van der Waals surface area contributed by atoms with Gasteiger partial charge in [-0.2, -0.15) is 11.3 Å². The number of anilines is 1. The van der Waals surface area contributed by atoms with Crippen molar-refractivity contribution < 1.29 is 4.79 Å². The second-order valence-electron chi connectivity index (χ2n) is 6.56. The van der Waals surface area contributed by atoms with Crippen LogP contribution in [0.2, 0.25) is 0 Å². The first-order chi connectivity index (χ1) is 10.4. The normalized spacial score (nSPS) is 16.1. The lowest BCUT2D eigenvalue weighted by molar-refractivity contribution is -0.139. The molecule has 2 aromatic rings. The van der Waals surface area contributed by atoms with Crippen molar-refractivity contribution in [2.45, 2.75) is 20.8 Å². The lowest BCUT2D eigenvalue weighted by Gasteiger charge is -2.37. The van der Waals surface area contributed by atoms with Gasteiger partial charge < -0.3 is 9.80 Å². The van der Waals surface area contributed by atoms with E-state index in [1.54, 1.807) is 22.7 Å². The summed E-state index contributed by atoms with van der Waals surface area (Å²) in [5.41, 5.74) is 1.94. The molecule has 0 N–H and O–H groups in total. The number of thiazole rings is 1. The number of hydrogen-bond acceptors (Lipinski definition) is 5. The SMILES string of the molecule is CC(C)(C)C(=O)N1CCN(c2nc(-c3ccsc3)cs2)CC1. The second-order valence-corrected chi connectivity index (χ2v) is 8.17. The van der Waals surface area contributed by atoms with Crippen LogP contribution in [0.1, 0.15) is 20.8 Å². The topological polar surface area (TPSA) is 36.4 Å². The van der Waals surface area contributed by atoms with Gasteiger partial charge in [0, 0.05) is 47.9 Å². The summed E-state index contributed by atoms with van der Waals surface area (Å²) in [7, 11) is 0. The van der Waals surface area contributed by atoms with Gasteiger partial charge in [0.15, 0.2) is 5.13 Å². The Balaban J connectivity index is 1.64. The van der Waals surface area contributed by atoms with Crippen LogP contribution in [0.4, 0.5) is 5.13 Å². The summed E-state index contributed by atoms with van der Waals surface area (Å²) in [6, 6.07) is 2.10. The quantitative estimate of drug-likeness (QED) is 0.842. The molecule has 6 heteroatoms. The zero-order valence-electron chi connectivity index (χ0n) is 13.2. The molecule has 0 aromatic carbocycles. The summed E-state index contributed by atoms with van der Waals surface area (Å²) < 4.78 is 0. The molecule has 1 aliphatic heterocycles. The molecule has 1 aliphatic rings. The van der Waals surface area contributed by atoms with E-state index >= 15 is 0 Å². The molecule has 0 spiro atoms. The van der Waals surface area contributed by atoms with Crippen LogP contribution in [0.5, 0.6) is 0 Å². The van der Waals surface area contributed by atoms with Crippen molar-refractivity contribution in [3.8, 4) is 11.3 Å². The standard InChI is InChI=1S/C16H21N3OS2/c1-16(2,3)14(20)18-5-7-19(8-6-18)15-17-13(11-22-15)12-4-9-21-10-12/h4,9-11H,5-8H2,1-3H3. The van der Waals surface area contributed by atoms with Crippen molar-refractivity contribution >= 4 is 33.7 Å². The first kappa shape index (κ1) is 15.5. The Kier molecular flexibility index (Phi) is 4.23. The number of aromatic nitrogens is 1. The van der Waals surface area contributed by atoms with E-state index in [0.29, 0.717) is 0 Å². The summed E-state index contributed by atoms with van der Waals surface area (Å²) in [4.78, 5) is 21.3. The average Bonchev–Trinajstić information content (AvgIpc) is 3.16. The molecule has 0 radical (unpaired) electrons. The van der Waals surface area contributed by atoms with Gasteiger partial charge in [-0.3, -0.25) is 4.79 Å². The fraction of sp³-hybridized carbons (Fsp3) is 0.500. The fourth-order valence-electron chi connectivity index (χ4n) is 2.53. The highest BCUT2D eigenvalue weighted by molar-refractivity contribution is 7.14. The summed E-state index contributed by atoms with van der Waals surface area (Å²) in [6.07, 6.45) is 0. The number of thiophene rings is 1. The predicted octanol–water partition coefficient (Wildman–Crippen LogP) is 3.57. The number of rotatable bonds is 2. The van der Waals surface area contributed by atoms with Gasteiger partial charge >= 0.3 is 0 Å². The van der Waals surface area contributed by atoms with E-state index in [9.17, 15) is 4.79 Å². The van der Waals surface area contributed by atoms with E-state index in [1.807, 2.05) is 25.7 Å². The smallest absolute Gasteiger partial charge is 0.228 e. The summed E-state index contributed by atoms with van der Waals surface area (Å²) in [5, 5.41) is 7.37. The molecule has 0 unspecified atom stereocenters. The van der Waals surface area contributed by atoms with Crippen molar-refractivity contribution in [1.29, 1.82) is 0 Å². The molecule has 1 saturated heterocycles. The highest BCUT2D eigenvalue weighted by Gasteiger charge is 2.30. The van der Waals surface area contributed by atoms with E-state index in [-0.39, 0.29) is 11.3 Å². The zero-order chi connectivity index (χ0) is 15.7. The molecule has 0 bridgehead atoms. The van der Waals surface area contributed by atoms with Crippen molar-refractivity contribution in [1.82, 2.24) is 9.88 Å². The number of hydrogen-bond donors (Lipinski definition) is 0. The minimum Gasteiger partial charge on any atom is -0.345 e. The molecular formula is C16H21N3OS2. The van der Waals surface area contributed by atoms with Gasteiger partial charge in [0.1, 0.15) is 0 Å². The Morgan fingerprint density at radius 1 is 1.18 bits per heavy atom. The number of carbonyl (C=O) groups is 1. The predicted molar refractivity (Wildman–Crippen MR) is 93.7 cm³/mol. The molecule has 2 aromatic heterocycles. The van der Waals surface area contributed by atoms with Crippen molar-refractivity contribution in [3.05, 3.63) is 22.2 Å². The van der Waals surface area contributed by atoms with Crippen LogP contribution in [0.25, 0.3) is 11.3 Å². The van der Waals surface area contributed by atoms with E-state index in [2.05, 4.69) is 27.1 Å². The molecule has 3 heterocycles. The maximum Gasteiger partial charge on any atom is 0.228 e. The van der Waals surface area contributed by atoms with Gasteiger partial charge in [-0.1, -0.05) is 20.8 Å². The third-order valence-electron chi connectivity index (χ3n) is 3.79. The fourth-order valence-corrected chi connectivity index (χ4v) is 4.07. The maximum absolute atomic E-state index is 12.3. The van der Waals surface area contributed by atoms with E-state index < -0.39 is 0 Å². The molecule has 4 nitrogen and oxygen atoms in total. The lowest BCUT2D eigenvalue weighted by atomic mass is 9.94. The van der Waals surface area contributed by atoms with Crippen LogP contribution >= 0.6 is 22.7 Å². The van der Waals surface area contributed by atoms with Crippen molar-refractivity contribution in [2.75, 3.05) is 31.1 Å². The van der Waals surface area contributed by atoms with Crippen LogP contribution in [0.3, 0.4) is 0 Å². The minimum atomic E-state index is -0.296. The van der Waals surface area contributed by atoms with Gasteiger partial charge in [-0.15, -0.1) is 11.3 Å². The van der Waals surface area contributed by atoms with Crippen LogP contribution in [-0.2, 0) is 4.79 Å². The zero-order valence-corrected chi connectivity index (χ0v) is 14.8. The Hall–Kier alpha value is -1.40. The van der Waals surface area contributed by atoms with Crippen LogP contribution in [0.15, 0.2) is 22.2 Å². The Labute approximate surface area is 139 Å². The third kappa shape index (κ3) is 3.17. The van der Waals surface area contributed by atoms with E-state index in [4.69, 9.17) is 4.98 Å². The average molecular weight is 335 g/mol. The monoisotopic (exact) mass is 335 g/mol. The second kappa shape index (κ2) is 6.01. The Morgan fingerprint density at radius 3 is 2.50 bits per heavy atom. The van der Waals surface area contributed by atoms with Crippen molar-refractivity contribution in [2.24, 2.45) is 5.41 Å². The minimum absolute atomic E-state index is 0.241. The molecule has 1 fully saturated rings. The first-order valence-corrected chi connectivity index (χ1v) is 9.30. The number of nitrogens with zero attached hydrogens (tertiary/aromatic N) is 3. The first-order valence-electron chi connectivity index (χ1n) is 7.47. The molecule has 118 valence electrons. The van der Waals surface area contributed by atoms with Gasteiger partial charge in [0.25, 0.3) is 0 Å². The highest BCUT2D eigenvalue weighted by Crippen LogP contribution is 2.29. The Morgan fingerprint density at radius 2 is 1.91 bits per heavy atom. The molecule has 3 rings (SSSR count). The summed E-state index contributed by atoms with van der Waals surface area (Å²) >= 11 is 3.38. The lowest BCUT2D eigenvalue weighted by Crippen LogP contribution is -2.51. The van der Waals surface area contributed by atoms with Gasteiger partial charge in [-0.05, 0) is 11.4 Å². The van der Waals surface area contributed by atoms with Crippen molar-refractivity contribution in [3.63, 3.8) is 0 Å². The van der Waals surface area contributed by atoms with Gasteiger partial charge in [0.05, 0.1) is 5.69 Å². The summed E-state index contributed by atoms with van der Waals surface area (Å²) in [5.74, 6) is 0.241. The van der Waals surface area contributed by atoms with Crippen LogP contribution < -0.4 is 4.90 Å². The maximum atomic E-state index is 12.3.